The first-order chi connectivity index (χ1) is 9.65. The van der Waals surface area contributed by atoms with Crippen molar-refractivity contribution < 1.29 is 9.59 Å². The molecule has 0 bridgehead atoms. The van der Waals surface area contributed by atoms with Crippen LogP contribution in [0.1, 0.15) is 37.6 Å². The lowest BCUT2D eigenvalue weighted by Gasteiger charge is -2.22. The smallest absolute Gasteiger partial charge is 0.251 e. The molecule has 1 aromatic heterocycles. The maximum Gasteiger partial charge on any atom is 0.251 e. The molecule has 0 radical (unpaired) electrons. The van der Waals surface area contributed by atoms with E-state index in [0.29, 0.717) is 12.0 Å². The Morgan fingerprint density at radius 1 is 1.25 bits per heavy atom. The zero-order chi connectivity index (χ0) is 14.1. The van der Waals surface area contributed by atoms with E-state index in [1.165, 1.54) is 0 Å². The van der Waals surface area contributed by atoms with Gasteiger partial charge in [-0.1, -0.05) is 17.7 Å². The highest BCUT2D eigenvalue weighted by Crippen LogP contribution is 2.26. The van der Waals surface area contributed by atoms with Crippen LogP contribution in [-0.4, -0.2) is 17.7 Å². The number of benzene rings is 1. The zero-order valence-corrected chi connectivity index (χ0v) is 12.0. The van der Waals surface area contributed by atoms with E-state index < -0.39 is 6.04 Å². The molecule has 1 amide bonds. The Morgan fingerprint density at radius 3 is 2.75 bits per heavy atom. The summed E-state index contributed by atoms with van der Waals surface area (Å²) in [6, 6.07) is 8.82. The molecule has 1 aliphatic carbocycles. The van der Waals surface area contributed by atoms with Crippen molar-refractivity contribution in [2.45, 2.75) is 25.8 Å². The number of ketones is 1. The molecule has 0 saturated carbocycles. The molecule has 3 rings (SSSR count). The Hall–Kier alpha value is -1.94. The Balaban J connectivity index is 1.74. The Morgan fingerprint density at radius 2 is 2.00 bits per heavy atom. The molecule has 0 fully saturated rings. The van der Waals surface area contributed by atoms with E-state index in [0.717, 1.165) is 22.4 Å². The highest BCUT2D eigenvalue weighted by Gasteiger charge is 2.29. The van der Waals surface area contributed by atoms with Crippen molar-refractivity contribution >= 4 is 23.0 Å². The number of fused-ring (bicyclic) bond motifs is 1. The minimum atomic E-state index is -0.397. The third kappa shape index (κ3) is 2.39. The van der Waals surface area contributed by atoms with E-state index in [1.54, 1.807) is 23.5 Å². The van der Waals surface area contributed by atoms with E-state index in [1.807, 2.05) is 30.5 Å². The summed E-state index contributed by atoms with van der Waals surface area (Å²) in [4.78, 5) is 25.6. The Kier molecular flexibility index (Phi) is 3.40. The van der Waals surface area contributed by atoms with Crippen LogP contribution < -0.4 is 5.32 Å². The van der Waals surface area contributed by atoms with Gasteiger partial charge in [0.15, 0.2) is 5.78 Å². The second-order valence-electron chi connectivity index (χ2n) is 5.05. The van der Waals surface area contributed by atoms with E-state index in [9.17, 15) is 9.59 Å². The third-order valence-electron chi connectivity index (χ3n) is 3.61. The van der Waals surface area contributed by atoms with Crippen LogP contribution in [0.2, 0.25) is 0 Å². The number of carbonyl (C=O) groups excluding carboxylic acids is 2. The number of thiophene rings is 1. The van der Waals surface area contributed by atoms with Crippen molar-refractivity contribution in [2.75, 3.05) is 0 Å². The van der Waals surface area contributed by atoms with Crippen LogP contribution in [0.15, 0.2) is 35.7 Å². The molecule has 102 valence electrons. The maximum absolute atomic E-state index is 12.3. The summed E-state index contributed by atoms with van der Waals surface area (Å²) < 4.78 is 0. The second-order valence-corrected chi connectivity index (χ2v) is 6.05. The van der Waals surface area contributed by atoms with Crippen molar-refractivity contribution in [3.05, 3.63) is 57.3 Å². The number of hydrogen-bond donors (Lipinski definition) is 1. The lowest BCUT2D eigenvalue weighted by Crippen LogP contribution is -2.43. The van der Waals surface area contributed by atoms with E-state index in [2.05, 4.69) is 5.32 Å². The summed E-state index contributed by atoms with van der Waals surface area (Å²) in [7, 11) is 0. The molecule has 1 aromatic carbocycles. The fraction of sp³-hybridized carbons (Fsp3) is 0.250. The van der Waals surface area contributed by atoms with Gasteiger partial charge in [0, 0.05) is 16.0 Å². The molecule has 3 nitrogen and oxygen atoms in total. The predicted molar refractivity (Wildman–Crippen MR) is 79.4 cm³/mol. The number of rotatable bonds is 2. The summed E-state index contributed by atoms with van der Waals surface area (Å²) in [5.41, 5.74) is 2.48. The fourth-order valence-electron chi connectivity index (χ4n) is 2.43. The number of amides is 1. The molecule has 0 aliphatic heterocycles. The van der Waals surface area contributed by atoms with Gasteiger partial charge >= 0.3 is 0 Å². The molecule has 1 N–H and O–H groups in total. The van der Waals surface area contributed by atoms with Gasteiger partial charge in [0.05, 0.1) is 6.04 Å². The van der Waals surface area contributed by atoms with Gasteiger partial charge in [-0.05, 0) is 43.3 Å². The first-order valence-electron chi connectivity index (χ1n) is 6.63. The van der Waals surface area contributed by atoms with Gasteiger partial charge in [-0.2, -0.15) is 0 Å². The Bertz CT molecular complexity index is 657. The second kappa shape index (κ2) is 5.21. The molecule has 1 unspecified atom stereocenters. The van der Waals surface area contributed by atoms with Crippen molar-refractivity contribution in [3.8, 4) is 0 Å². The van der Waals surface area contributed by atoms with Crippen LogP contribution in [-0.2, 0) is 6.42 Å². The average molecular weight is 285 g/mol. The largest absolute Gasteiger partial charge is 0.342 e. The number of nitrogens with one attached hydrogen (secondary N) is 1. The van der Waals surface area contributed by atoms with Gasteiger partial charge in [-0.3, -0.25) is 9.59 Å². The Labute approximate surface area is 121 Å². The van der Waals surface area contributed by atoms with Gasteiger partial charge in [-0.15, -0.1) is 11.3 Å². The first kappa shape index (κ1) is 13.1. The van der Waals surface area contributed by atoms with Crippen molar-refractivity contribution in [3.63, 3.8) is 0 Å². The van der Waals surface area contributed by atoms with Crippen LogP contribution in [0.3, 0.4) is 0 Å². The quantitative estimate of drug-likeness (QED) is 0.922. The van der Waals surface area contributed by atoms with Gasteiger partial charge in [0.1, 0.15) is 0 Å². The van der Waals surface area contributed by atoms with Gasteiger partial charge in [0.2, 0.25) is 0 Å². The lowest BCUT2D eigenvalue weighted by molar-refractivity contribution is 0.0846. The van der Waals surface area contributed by atoms with Crippen LogP contribution in [0.4, 0.5) is 0 Å². The molecule has 0 saturated heterocycles. The fourth-order valence-corrected chi connectivity index (χ4v) is 3.33. The zero-order valence-electron chi connectivity index (χ0n) is 11.2. The summed E-state index contributed by atoms with van der Waals surface area (Å²) in [6.07, 6.45) is 1.54. The number of Topliss-reactive ketones (excluding diaryl/α,β-unsaturated/α-hetero) is 1. The van der Waals surface area contributed by atoms with Gasteiger partial charge in [-0.25, -0.2) is 0 Å². The molecule has 0 spiro atoms. The number of carbonyl (C=O) groups is 2. The molecule has 4 heteroatoms. The van der Waals surface area contributed by atoms with E-state index >= 15 is 0 Å². The van der Waals surface area contributed by atoms with Crippen LogP contribution in [0, 0.1) is 6.92 Å². The summed E-state index contributed by atoms with van der Waals surface area (Å²) in [5.74, 6) is -0.144. The highest BCUT2D eigenvalue weighted by molar-refractivity contribution is 7.10. The average Bonchev–Trinajstić information content (AvgIpc) is 2.92. The van der Waals surface area contributed by atoms with Gasteiger partial charge in [0.25, 0.3) is 5.91 Å². The van der Waals surface area contributed by atoms with E-state index in [4.69, 9.17) is 0 Å². The van der Waals surface area contributed by atoms with Crippen molar-refractivity contribution in [1.29, 1.82) is 0 Å². The predicted octanol–water partition coefficient (Wildman–Crippen LogP) is 2.98. The minimum Gasteiger partial charge on any atom is -0.342 e. The topological polar surface area (TPSA) is 46.2 Å². The molecule has 1 aliphatic rings. The molecule has 1 atom stereocenters. The molecule has 20 heavy (non-hydrogen) atoms. The van der Waals surface area contributed by atoms with Crippen molar-refractivity contribution in [2.24, 2.45) is 0 Å². The summed E-state index contributed by atoms with van der Waals surface area (Å²) in [5, 5.41) is 4.79. The molecular formula is C16H15NO2S. The SMILES string of the molecule is Cc1ccc(C(=O)NC2CCc3sccc3C2=O)cc1. The van der Waals surface area contributed by atoms with Crippen LogP contribution in [0.25, 0.3) is 0 Å². The summed E-state index contributed by atoms with van der Waals surface area (Å²) in [6.45, 7) is 1.98. The van der Waals surface area contributed by atoms with Crippen LogP contribution in [0.5, 0.6) is 0 Å². The van der Waals surface area contributed by atoms with Gasteiger partial charge < -0.3 is 5.32 Å². The molecule has 2 aromatic rings. The monoisotopic (exact) mass is 285 g/mol. The number of hydrogen-bond acceptors (Lipinski definition) is 3. The third-order valence-corrected chi connectivity index (χ3v) is 4.59. The maximum atomic E-state index is 12.3. The highest BCUT2D eigenvalue weighted by atomic mass is 32.1. The number of aryl methyl sites for hydroxylation is 2. The molecular weight excluding hydrogens is 270 g/mol. The molecule has 1 heterocycles. The normalized spacial score (nSPS) is 17.6. The first-order valence-corrected chi connectivity index (χ1v) is 7.51. The lowest BCUT2D eigenvalue weighted by atomic mass is 9.93. The van der Waals surface area contributed by atoms with E-state index in [-0.39, 0.29) is 11.7 Å². The minimum absolute atomic E-state index is 0.0351. The van der Waals surface area contributed by atoms with Crippen molar-refractivity contribution in [1.82, 2.24) is 5.32 Å². The van der Waals surface area contributed by atoms with Crippen LogP contribution >= 0.6 is 11.3 Å². The standard InChI is InChI=1S/C16H15NO2S/c1-10-2-4-11(5-3-10)16(19)17-13-6-7-14-12(15(13)18)8-9-20-14/h2-5,8-9,13H,6-7H2,1H3,(H,17,19). The summed E-state index contributed by atoms with van der Waals surface area (Å²) >= 11 is 1.61.